The summed E-state index contributed by atoms with van der Waals surface area (Å²) in [6, 6.07) is 9.99. The molecule has 0 radical (unpaired) electrons. The van der Waals surface area contributed by atoms with Gasteiger partial charge < -0.3 is 14.2 Å². The molecule has 0 atom stereocenters. The van der Waals surface area contributed by atoms with Crippen molar-refractivity contribution in [3.63, 3.8) is 0 Å². The molecule has 11 heteroatoms. The van der Waals surface area contributed by atoms with E-state index in [0.717, 1.165) is 21.3 Å². The average Bonchev–Trinajstić information content (AvgIpc) is 3.26. The van der Waals surface area contributed by atoms with E-state index in [2.05, 4.69) is 17.1 Å². The first-order valence-electron chi connectivity index (χ1n) is 11.9. The van der Waals surface area contributed by atoms with Crippen molar-refractivity contribution in [1.82, 2.24) is 13.8 Å². The molecule has 0 bridgehead atoms. The second-order valence-electron chi connectivity index (χ2n) is 8.54. The van der Waals surface area contributed by atoms with Crippen LogP contribution in [0.1, 0.15) is 35.3 Å². The number of carbonyl (C=O) groups excluding carboxylic acids is 2. The predicted molar refractivity (Wildman–Crippen MR) is 139 cm³/mol. The second kappa shape index (κ2) is 10.5. The van der Waals surface area contributed by atoms with Crippen molar-refractivity contribution in [3.05, 3.63) is 57.9 Å². The van der Waals surface area contributed by atoms with Gasteiger partial charge in [0.1, 0.15) is 0 Å². The Morgan fingerprint density at radius 1 is 0.972 bits per heavy atom. The van der Waals surface area contributed by atoms with E-state index in [-0.39, 0.29) is 37.7 Å². The Bertz CT molecular complexity index is 1460. The summed E-state index contributed by atoms with van der Waals surface area (Å²) in [6.45, 7) is 9.67. The largest absolute Gasteiger partial charge is 0.450 e. The molecule has 1 aliphatic rings. The van der Waals surface area contributed by atoms with Crippen LogP contribution in [0.2, 0.25) is 0 Å². The van der Waals surface area contributed by atoms with E-state index in [1.807, 2.05) is 25.3 Å². The number of piperazine rings is 1. The van der Waals surface area contributed by atoms with Gasteiger partial charge in [0.2, 0.25) is 10.0 Å². The summed E-state index contributed by atoms with van der Waals surface area (Å²) in [4.78, 5) is 31.4. The highest BCUT2D eigenvalue weighted by molar-refractivity contribution is 7.89. The van der Waals surface area contributed by atoms with Crippen molar-refractivity contribution in [2.75, 3.05) is 32.8 Å². The molecule has 192 valence electrons. The first-order chi connectivity index (χ1) is 17.2. The monoisotopic (exact) mass is 530 g/mol. The smallest absolute Gasteiger partial charge is 0.409 e. The fraction of sp³-hybridized carbons (Fsp3) is 0.400. The van der Waals surface area contributed by atoms with E-state index in [0.29, 0.717) is 16.9 Å². The van der Waals surface area contributed by atoms with Gasteiger partial charge in [-0.25, -0.2) is 13.2 Å². The highest BCUT2D eigenvalue weighted by Crippen LogP contribution is 2.25. The Kier molecular flexibility index (Phi) is 7.62. The van der Waals surface area contributed by atoms with Crippen LogP contribution >= 0.6 is 11.3 Å². The fourth-order valence-electron chi connectivity index (χ4n) is 4.25. The predicted octanol–water partition coefficient (Wildman–Crippen LogP) is 3.54. The van der Waals surface area contributed by atoms with Crippen molar-refractivity contribution in [1.29, 1.82) is 0 Å². The van der Waals surface area contributed by atoms with Crippen LogP contribution in [0, 0.1) is 13.8 Å². The Labute approximate surface area is 214 Å². The van der Waals surface area contributed by atoms with Gasteiger partial charge in [0.05, 0.1) is 21.7 Å². The standard InChI is InChI=1S/C25H30N4O5S2/c1-5-29-21-17(3)7-8-18(4)22(21)35-24(29)26-23(30)19-9-11-20(12-10-19)36(32,33)28-15-13-27(14-16-28)25(31)34-6-2/h7-12H,5-6,13-16H2,1-4H3. The lowest BCUT2D eigenvalue weighted by molar-refractivity contribution is 0.0933. The number of carbonyl (C=O) groups is 2. The number of benzene rings is 2. The Morgan fingerprint density at radius 3 is 2.22 bits per heavy atom. The van der Waals surface area contributed by atoms with Crippen LogP contribution in [0.5, 0.6) is 0 Å². The zero-order valence-corrected chi connectivity index (χ0v) is 22.5. The van der Waals surface area contributed by atoms with Crippen molar-refractivity contribution in [3.8, 4) is 0 Å². The molecule has 2 heterocycles. The minimum atomic E-state index is -3.75. The number of aryl methyl sites for hydroxylation is 3. The molecule has 2 aromatic carbocycles. The highest BCUT2D eigenvalue weighted by Gasteiger charge is 2.30. The Morgan fingerprint density at radius 2 is 1.61 bits per heavy atom. The minimum absolute atomic E-state index is 0.0976. The fourth-order valence-corrected chi connectivity index (χ4v) is 6.91. The highest BCUT2D eigenvalue weighted by atomic mass is 32.2. The molecular weight excluding hydrogens is 500 g/mol. The van der Waals surface area contributed by atoms with E-state index in [1.165, 1.54) is 44.8 Å². The molecule has 2 amide bonds. The van der Waals surface area contributed by atoms with Crippen LogP contribution in [0.25, 0.3) is 10.2 Å². The van der Waals surface area contributed by atoms with Gasteiger partial charge in [-0.3, -0.25) is 4.79 Å². The molecule has 4 rings (SSSR count). The van der Waals surface area contributed by atoms with Crippen LogP contribution in [-0.4, -0.2) is 67.0 Å². The van der Waals surface area contributed by atoms with Crippen molar-refractivity contribution in [2.24, 2.45) is 4.99 Å². The van der Waals surface area contributed by atoms with Gasteiger partial charge >= 0.3 is 6.09 Å². The molecule has 3 aromatic rings. The molecule has 1 saturated heterocycles. The summed E-state index contributed by atoms with van der Waals surface area (Å²) < 4.78 is 35.6. The first-order valence-corrected chi connectivity index (χ1v) is 14.1. The summed E-state index contributed by atoms with van der Waals surface area (Å²) in [6.07, 6.45) is -0.436. The topological polar surface area (TPSA) is 101 Å². The number of amides is 2. The number of nitrogens with zero attached hydrogens (tertiary/aromatic N) is 4. The molecule has 1 aliphatic heterocycles. The van der Waals surface area contributed by atoms with Gasteiger partial charge in [0.15, 0.2) is 4.80 Å². The average molecular weight is 531 g/mol. The molecule has 1 fully saturated rings. The van der Waals surface area contributed by atoms with Gasteiger partial charge in [-0.15, -0.1) is 0 Å². The molecule has 0 spiro atoms. The van der Waals surface area contributed by atoms with E-state index in [4.69, 9.17) is 4.74 Å². The maximum Gasteiger partial charge on any atom is 0.409 e. The third-order valence-electron chi connectivity index (χ3n) is 6.24. The normalized spacial score (nSPS) is 15.4. The Balaban J connectivity index is 1.54. The van der Waals surface area contributed by atoms with Crippen molar-refractivity contribution in [2.45, 2.75) is 39.1 Å². The van der Waals surface area contributed by atoms with Crippen LogP contribution < -0.4 is 4.80 Å². The number of ether oxygens (including phenoxy) is 1. The van der Waals surface area contributed by atoms with E-state index in [1.54, 1.807) is 6.92 Å². The second-order valence-corrected chi connectivity index (χ2v) is 11.5. The van der Waals surface area contributed by atoms with Crippen LogP contribution in [-0.2, 0) is 21.3 Å². The number of hydrogen-bond acceptors (Lipinski definition) is 6. The van der Waals surface area contributed by atoms with Crippen LogP contribution in [0.4, 0.5) is 4.79 Å². The van der Waals surface area contributed by atoms with Crippen LogP contribution in [0.15, 0.2) is 46.3 Å². The van der Waals surface area contributed by atoms with Crippen molar-refractivity contribution < 1.29 is 22.7 Å². The quantitative estimate of drug-likeness (QED) is 0.502. The van der Waals surface area contributed by atoms with Gasteiger partial charge in [-0.2, -0.15) is 9.30 Å². The lowest BCUT2D eigenvalue weighted by atomic mass is 10.1. The van der Waals surface area contributed by atoms with Gasteiger partial charge in [-0.05, 0) is 63.1 Å². The van der Waals surface area contributed by atoms with Gasteiger partial charge in [-0.1, -0.05) is 23.5 Å². The molecule has 0 N–H and O–H groups in total. The summed E-state index contributed by atoms with van der Waals surface area (Å²) in [7, 11) is -3.75. The molecule has 1 aromatic heterocycles. The summed E-state index contributed by atoms with van der Waals surface area (Å²) in [5.74, 6) is -0.425. The molecule has 0 saturated carbocycles. The summed E-state index contributed by atoms with van der Waals surface area (Å²) >= 11 is 1.48. The maximum absolute atomic E-state index is 13.1. The molecule has 0 aliphatic carbocycles. The number of aromatic nitrogens is 1. The zero-order valence-electron chi connectivity index (χ0n) is 20.9. The van der Waals surface area contributed by atoms with Gasteiger partial charge in [0, 0.05) is 38.3 Å². The molecule has 36 heavy (non-hydrogen) atoms. The third-order valence-corrected chi connectivity index (χ3v) is 9.37. The van der Waals surface area contributed by atoms with Gasteiger partial charge in [0.25, 0.3) is 5.91 Å². The van der Waals surface area contributed by atoms with E-state index < -0.39 is 22.0 Å². The van der Waals surface area contributed by atoms with Crippen LogP contribution in [0.3, 0.4) is 0 Å². The SMILES string of the molecule is CCOC(=O)N1CCN(S(=O)(=O)c2ccc(C(=O)N=c3sc4c(C)ccc(C)c4n3CC)cc2)CC1. The number of sulfonamides is 1. The van der Waals surface area contributed by atoms with E-state index in [9.17, 15) is 18.0 Å². The summed E-state index contributed by atoms with van der Waals surface area (Å²) in [5, 5.41) is 0. The van der Waals surface area contributed by atoms with E-state index >= 15 is 0 Å². The third kappa shape index (κ3) is 4.95. The molecule has 9 nitrogen and oxygen atoms in total. The molecular formula is C25H30N4O5S2. The molecule has 0 unspecified atom stereocenters. The zero-order chi connectivity index (χ0) is 26.0. The lowest BCUT2D eigenvalue weighted by Crippen LogP contribution is -2.50. The maximum atomic E-state index is 13.1. The number of rotatable bonds is 5. The number of thiazole rings is 1. The Hall–Kier alpha value is -3.02. The summed E-state index contributed by atoms with van der Waals surface area (Å²) in [5.41, 5.74) is 3.66. The first kappa shape index (κ1) is 26.1. The minimum Gasteiger partial charge on any atom is -0.450 e. The number of fused-ring (bicyclic) bond motifs is 1. The lowest BCUT2D eigenvalue weighted by Gasteiger charge is -2.33. The van der Waals surface area contributed by atoms with Crippen molar-refractivity contribution >= 4 is 43.6 Å². The number of hydrogen-bond donors (Lipinski definition) is 0.